The Balaban J connectivity index is 1.52. The van der Waals surface area contributed by atoms with Gasteiger partial charge in [-0.25, -0.2) is 9.18 Å². The third kappa shape index (κ3) is 3.22. The lowest BCUT2D eigenvalue weighted by Gasteiger charge is -2.15. The summed E-state index contributed by atoms with van der Waals surface area (Å²) in [5.41, 5.74) is 4.27. The molecule has 6 heteroatoms. The van der Waals surface area contributed by atoms with Crippen molar-refractivity contribution in [1.82, 2.24) is 0 Å². The van der Waals surface area contributed by atoms with E-state index >= 15 is 0 Å². The number of phenolic OH excluding ortho intramolecular Hbond substituents is 1. The van der Waals surface area contributed by atoms with Crippen molar-refractivity contribution in [1.29, 1.82) is 0 Å². The number of ether oxygens (including phenoxy) is 1. The zero-order valence-electron chi connectivity index (χ0n) is 14.1. The number of phenols is 1. The summed E-state index contributed by atoms with van der Waals surface area (Å²) in [6.07, 6.45) is -0.797. The van der Waals surface area contributed by atoms with Gasteiger partial charge in [-0.3, -0.25) is 5.32 Å². The van der Waals surface area contributed by atoms with Gasteiger partial charge in [-0.05, 0) is 28.3 Å². The molecule has 136 valence electrons. The second kappa shape index (κ2) is 6.93. The van der Waals surface area contributed by atoms with Gasteiger partial charge in [-0.15, -0.1) is 0 Å². The van der Waals surface area contributed by atoms with Crippen molar-refractivity contribution in [2.75, 3.05) is 11.9 Å². The molecule has 0 saturated carbocycles. The Bertz CT molecular complexity index is 992. The Kier molecular flexibility index (Phi) is 4.46. The van der Waals surface area contributed by atoms with Crippen LogP contribution in [0, 0.1) is 5.82 Å². The van der Waals surface area contributed by atoms with Gasteiger partial charge < -0.3 is 9.84 Å². The van der Waals surface area contributed by atoms with Crippen LogP contribution in [0.4, 0.5) is 14.9 Å². The Morgan fingerprint density at radius 2 is 1.67 bits per heavy atom. The number of nitrogens with one attached hydrogen (secondary N) is 1. The number of fused-ring (bicyclic) bond motifs is 3. The predicted octanol–water partition coefficient (Wildman–Crippen LogP) is 5.55. The summed E-state index contributed by atoms with van der Waals surface area (Å²) in [5.74, 6) is -1.17. The standard InChI is InChI=1S/C21H15ClFNO3/c22-18-9-12(23)10-19(20(18)25)24-21(26)27-11-17-15-7-3-1-5-13(15)14-6-2-4-8-16(14)17/h1-10,17,25H,11H2,(H,24,26). The molecule has 3 aromatic rings. The Morgan fingerprint density at radius 1 is 1.07 bits per heavy atom. The van der Waals surface area contributed by atoms with Gasteiger partial charge in [-0.2, -0.15) is 0 Å². The van der Waals surface area contributed by atoms with E-state index in [4.69, 9.17) is 16.3 Å². The van der Waals surface area contributed by atoms with E-state index in [0.29, 0.717) is 0 Å². The molecule has 4 nitrogen and oxygen atoms in total. The van der Waals surface area contributed by atoms with Crippen LogP contribution in [0.25, 0.3) is 11.1 Å². The number of halogens is 2. The first-order chi connectivity index (χ1) is 13.0. The SMILES string of the molecule is O=C(Nc1cc(F)cc(Cl)c1O)OCC1c2ccccc2-c2ccccc21. The maximum Gasteiger partial charge on any atom is 0.411 e. The molecule has 4 rings (SSSR count). The van der Waals surface area contributed by atoms with Gasteiger partial charge in [-0.1, -0.05) is 60.1 Å². The van der Waals surface area contributed by atoms with Gasteiger partial charge in [0.1, 0.15) is 12.4 Å². The van der Waals surface area contributed by atoms with Crippen molar-refractivity contribution in [3.8, 4) is 16.9 Å². The van der Waals surface area contributed by atoms with E-state index < -0.39 is 17.7 Å². The fourth-order valence-corrected chi connectivity index (χ4v) is 3.61. The fraction of sp³-hybridized carbons (Fsp3) is 0.0952. The number of rotatable bonds is 3. The van der Waals surface area contributed by atoms with E-state index in [2.05, 4.69) is 5.32 Å². The quantitative estimate of drug-likeness (QED) is 0.583. The lowest BCUT2D eigenvalue weighted by atomic mass is 9.98. The Hall–Kier alpha value is -3.05. The number of hydrogen-bond acceptors (Lipinski definition) is 3. The minimum absolute atomic E-state index is 0.0900. The number of benzene rings is 3. The van der Waals surface area contributed by atoms with Crippen LogP contribution in [0.3, 0.4) is 0 Å². The molecule has 27 heavy (non-hydrogen) atoms. The highest BCUT2D eigenvalue weighted by atomic mass is 35.5. The van der Waals surface area contributed by atoms with Crippen LogP contribution in [-0.2, 0) is 4.74 Å². The molecular formula is C21H15ClFNO3. The average molecular weight is 384 g/mol. The second-order valence-corrected chi connectivity index (χ2v) is 6.64. The van der Waals surface area contributed by atoms with E-state index in [9.17, 15) is 14.3 Å². The molecule has 0 heterocycles. The molecular weight excluding hydrogens is 369 g/mol. The predicted molar refractivity (Wildman–Crippen MR) is 102 cm³/mol. The van der Waals surface area contributed by atoms with Crippen LogP contribution in [0.2, 0.25) is 5.02 Å². The molecule has 0 bridgehead atoms. The minimum atomic E-state index is -0.797. The topological polar surface area (TPSA) is 58.6 Å². The summed E-state index contributed by atoms with van der Waals surface area (Å²) in [7, 11) is 0. The molecule has 0 aliphatic heterocycles. The third-order valence-corrected chi connectivity index (χ3v) is 4.90. The molecule has 2 N–H and O–H groups in total. The van der Waals surface area contributed by atoms with Crippen molar-refractivity contribution in [2.24, 2.45) is 0 Å². The highest BCUT2D eigenvalue weighted by Gasteiger charge is 2.29. The molecule has 1 amide bonds. The zero-order valence-corrected chi connectivity index (χ0v) is 14.8. The van der Waals surface area contributed by atoms with E-state index in [-0.39, 0.29) is 23.2 Å². The van der Waals surface area contributed by atoms with Crippen molar-refractivity contribution in [2.45, 2.75) is 5.92 Å². The first-order valence-corrected chi connectivity index (χ1v) is 8.72. The third-order valence-electron chi connectivity index (χ3n) is 4.61. The largest absolute Gasteiger partial charge is 0.504 e. The zero-order chi connectivity index (χ0) is 19.0. The van der Waals surface area contributed by atoms with Gasteiger partial charge in [0, 0.05) is 12.0 Å². The van der Waals surface area contributed by atoms with Crippen LogP contribution in [-0.4, -0.2) is 17.8 Å². The molecule has 0 spiro atoms. The Labute approximate surface area is 160 Å². The van der Waals surface area contributed by atoms with Crippen LogP contribution in [0.5, 0.6) is 5.75 Å². The van der Waals surface area contributed by atoms with Crippen LogP contribution in [0.15, 0.2) is 60.7 Å². The number of anilines is 1. The molecule has 1 aliphatic carbocycles. The highest BCUT2D eigenvalue weighted by Crippen LogP contribution is 2.44. The summed E-state index contributed by atoms with van der Waals surface area (Å²) in [6.45, 7) is 0.115. The lowest BCUT2D eigenvalue weighted by molar-refractivity contribution is 0.158. The molecule has 3 aromatic carbocycles. The maximum absolute atomic E-state index is 13.4. The number of carbonyl (C=O) groups excluding carboxylic acids is 1. The number of carbonyl (C=O) groups is 1. The van der Waals surface area contributed by atoms with Gasteiger partial charge in [0.15, 0.2) is 5.75 Å². The molecule has 1 aliphatic rings. The van der Waals surface area contributed by atoms with E-state index in [1.165, 1.54) is 0 Å². The van der Waals surface area contributed by atoms with Crippen LogP contribution < -0.4 is 5.32 Å². The van der Waals surface area contributed by atoms with Crippen LogP contribution >= 0.6 is 11.6 Å². The maximum atomic E-state index is 13.4. The van der Waals surface area contributed by atoms with Gasteiger partial charge in [0.05, 0.1) is 10.7 Å². The minimum Gasteiger partial charge on any atom is -0.504 e. The molecule has 0 saturated heterocycles. The van der Waals surface area contributed by atoms with Crippen molar-refractivity contribution < 1.29 is 19.0 Å². The molecule has 0 radical (unpaired) electrons. The summed E-state index contributed by atoms with van der Waals surface area (Å²) < 4.78 is 18.8. The second-order valence-electron chi connectivity index (χ2n) is 6.23. The molecule has 0 unspecified atom stereocenters. The first-order valence-electron chi connectivity index (χ1n) is 8.34. The van der Waals surface area contributed by atoms with Crippen LogP contribution in [0.1, 0.15) is 17.0 Å². The number of amides is 1. The van der Waals surface area contributed by atoms with Gasteiger partial charge >= 0.3 is 6.09 Å². The van der Waals surface area contributed by atoms with Crippen molar-refractivity contribution in [3.05, 3.63) is 82.6 Å². The fourth-order valence-electron chi connectivity index (χ4n) is 3.41. The first kappa shape index (κ1) is 17.4. The molecule has 0 fully saturated rings. The average Bonchev–Trinajstić information content (AvgIpc) is 2.98. The summed E-state index contributed by atoms with van der Waals surface area (Å²) in [5, 5.41) is 12.0. The summed E-state index contributed by atoms with van der Waals surface area (Å²) >= 11 is 5.71. The molecule has 0 atom stereocenters. The lowest BCUT2D eigenvalue weighted by Crippen LogP contribution is -2.18. The number of hydrogen-bond donors (Lipinski definition) is 2. The highest BCUT2D eigenvalue weighted by molar-refractivity contribution is 6.32. The van der Waals surface area contributed by atoms with Gasteiger partial charge in [0.2, 0.25) is 0 Å². The van der Waals surface area contributed by atoms with Crippen molar-refractivity contribution >= 4 is 23.4 Å². The molecule has 0 aromatic heterocycles. The number of aromatic hydroxyl groups is 1. The van der Waals surface area contributed by atoms with Gasteiger partial charge in [0.25, 0.3) is 0 Å². The smallest absolute Gasteiger partial charge is 0.411 e. The van der Waals surface area contributed by atoms with Crippen molar-refractivity contribution in [3.63, 3.8) is 0 Å². The van der Waals surface area contributed by atoms with E-state index in [1.54, 1.807) is 0 Å². The normalized spacial score (nSPS) is 12.4. The van der Waals surface area contributed by atoms with E-state index in [0.717, 1.165) is 34.4 Å². The summed E-state index contributed by atoms with van der Waals surface area (Å²) in [4.78, 5) is 12.2. The monoisotopic (exact) mass is 383 g/mol. The Morgan fingerprint density at radius 3 is 2.30 bits per heavy atom. The van der Waals surface area contributed by atoms with E-state index in [1.807, 2.05) is 48.5 Å². The summed E-state index contributed by atoms with van der Waals surface area (Å²) in [6, 6.07) is 17.9.